The smallest absolute Gasteiger partial charge is 0.133 e. The zero-order valence-electron chi connectivity index (χ0n) is 10.3. The van der Waals surface area contributed by atoms with E-state index in [9.17, 15) is 0 Å². The molecule has 0 fully saturated rings. The maximum atomic E-state index is 8.95. The van der Waals surface area contributed by atoms with Gasteiger partial charge in [-0.2, -0.15) is 5.26 Å². The molecule has 2 aromatic heterocycles. The molecule has 1 N–H and O–H groups in total. The second-order valence-corrected chi connectivity index (χ2v) is 4.59. The lowest BCUT2D eigenvalue weighted by molar-refractivity contribution is 1.29. The van der Waals surface area contributed by atoms with Crippen LogP contribution in [0.2, 0.25) is 5.15 Å². The predicted octanol–water partition coefficient (Wildman–Crippen LogP) is 3.90. The highest BCUT2D eigenvalue weighted by atomic mass is 35.5. The molecule has 96 valence electrons. The first kappa shape index (κ1) is 12.4. The summed E-state index contributed by atoms with van der Waals surface area (Å²) in [5.74, 6) is 0.533. The number of fused-ring (bicyclic) bond motifs is 1. The molecule has 20 heavy (non-hydrogen) atoms. The third-order valence-electron chi connectivity index (χ3n) is 2.87. The van der Waals surface area contributed by atoms with Crippen LogP contribution in [0.1, 0.15) is 5.56 Å². The van der Waals surface area contributed by atoms with Gasteiger partial charge >= 0.3 is 0 Å². The van der Waals surface area contributed by atoms with E-state index in [1.165, 1.54) is 6.07 Å². The number of nitrogens with one attached hydrogen (secondary N) is 1. The van der Waals surface area contributed by atoms with Crippen molar-refractivity contribution in [3.8, 4) is 6.07 Å². The highest BCUT2D eigenvalue weighted by molar-refractivity contribution is 6.29. The van der Waals surface area contributed by atoms with Gasteiger partial charge in [0.2, 0.25) is 0 Å². The first-order chi connectivity index (χ1) is 9.76. The van der Waals surface area contributed by atoms with E-state index in [0.29, 0.717) is 11.4 Å². The van der Waals surface area contributed by atoms with Crippen molar-refractivity contribution in [1.29, 1.82) is 5.26 Å². The van der Waals surface area contributed by atoms with Gasteiger partial charge in [0.1, 0.15) is 11.0 Å². The Balaban J connectivity index is 2.06. The number of benzene rings is 1. The third kappa shape index (κ3) is 2.40. The Labute approximate surface area is 120 Å². The average molecular weight is 281 g/mol. The Morgan fingerprint density at radius 2 is 2.10 bits per heavy atom. The summed E-state index contributed by atoms with van der Waals surface area (Å²) in [7, 11) is 0. The van der Waals surface area contributed by atoms with E-state index in [1.807, 2.05) is 24.3 Å². The first-order valence-corrected chi connectivity index (χ1v) is 6.31. The van der Waals surface area contributed by atoms with Crippen LogP contribution in [0.4, 0.5) is 11.5 Å². The lowest BCUT2D eigenvalue weighted by Crippen LogP contribution is -1.95. The van der Waals surface area contributed by atoms with Crippen LogP contribution in [-0.4, -0.2) is 9.97 Å². The van der Waals surface area contributed by atoms with Gasteiger partial charge in [0.05, 0.1) is 11.6 Å². The first-order valence-electron chi connectivity index (χ1n) is 5.94. The lowest BCUT2D eigenvalue weighted by atomic mass is 10.1. The summed E-state index contributed by atoms with van der Waals surface area (Å²) in [6.45, 7) is 0. The topological polar surface area (TPSA) is 61.6 Å². The van der Waals surface area contributed by atoms with Crippen molar-refractivity contribution < 1.29 is 0 Å². The standard InChI is InChI=1S/C15H9ClN4/c16-14-6-10(8-17)7-15(20-14)19-13-3-1-2-11-4-5-18-9-12(11)13/h1-7,9H,(H,19,20). The molecule has 0 bridgehead atoms. The number of hydrogen-bond acceptors (Lipinski definition) is 4. The van der Waals surface area contributed by atoms with Crippen molar-refractivity contribution in [2.75, 3.05) is 5.32 Å². The van der Waals surface area contributed by atoms with Crippen molar-refractivity contribution >= 4 is 33.9 Å². The number of nitriles is 1. The molecule has 1 aromatic carbocycles. The van der Waals surface area contributed by atoms with E-state index in [-0.39, 0.29) is 5.15 Å². The SMILES string of the molecule is N#Cc1cc(Cl)nc(Nc2cccc3ccncc23)c1. The van der Waals surface area contributed by atoms with Crippen LogP contribution in [0, 0.1) is 11.3 Å². The molecular formula is C15H9ClN4. The monoisotopic (exact) mass is 280 g/mol. The summed E-state index contributed by atoms with van der Waals surface area (Å²) in [6.07, 6.45) is 3.53. The molecule has 0 amide bonds. The Morgan fingerprint density at radius 3 is 2.95 bits per heavy atom. The van der Waals surface area contributed by atoms with Crippen molar-refractivity contribution in [1.82, 2.24) is 9.97 Å². The Hall–Kier alpha value is -2.64. The summed E-state index contributed by atoms with van der Waals surface area (Å²) in [5, 5.41) is 14.5. The fraction of sp³-hybridized carbons (Fsp3) is 0. The molecule has 0 saturated heterocycles. The molecule has 0 aliphatic rings. The lowest BCUT2D eigenvalue weighted by Gasteiger charge is -2.09. The molecule has 0 spiro atoms. The van der Waals surface area contributed by atoms with Crippen LogP contribution in [-0.2, 0) is 0 Å². The van der Waals surface area contributed by atoms with Crippen LogP contribution >= 0.6 is 11.6 Å². The molecule has 0 saturated carbocycles. The van der Waals surface area contributed by atoms with Gasteiger partial charge in [-0.25, -0.2) is 4.98 Å². The van der Waals surface area contributed by atoms with Gasteiger partial charge in [-0.1, -0.05) is 23.7 Å². The second kappa shape index (κ2) is 5.16. The van der Waals surface area contributed by atoms with Crippen LogP contribution in [0.25, 0.3) is 10.8 Å². The number of hydrogen-bond donors (Lipinski definition) is 1. The number of halogens is 1. The van der Waals surface area contributed by atoms with Crippen molar-refractivity contribution in [2.24, 2.45) is 0 Å². The van der Waals surface area contributed by atoms with E-state index in [1.54, 1.807) is 18.5 Å². The molecule has 2 heterocycles. The Kier molecular flexibility index (Phi) is 3.20. The summed E-state index contributed by atoms with van der Waals surface area (Å²) < 4.78 is 0. The van der Waals surface area contributed by atoms with E-state index in [4.69, 9.17) is 16.9 Å². The quantitative estimate of drug-likeness (QED) is 0.723. The second-order valence-electron chi connectivity index (χ2n) is 4.20. The van der Waals surface area contributed by atoms with Crippen molar-refractivity contribution in [2.45, 2.75) is 0 Å². The molecule has 5 heteroatoms. The zero-order chi connectivity index (χ0) is 13.9. The fourth-order valence-corrected chi connectivity index (χ4v) is 2.19. The van der Waals surface area contributed by atoms with Crippen molar-refractivity contribution in [3.05, 3.63) is 59.5 Å². The normalized spacial score (nSPS) is 10.2. The van der Waals surface area contributed by atoms with E-state index in [0.717, 1.165) is 16.5 Å². The number of nitrogens with zero attached hydrogens (tertiary/aromatic N) is 3. The van der Waals surface area contributed by atoms with Gasteiger partial charge in [0.25, 0.3) is 0 Å². The summed E-state index contributed by atoms with van der Waals surface area (Å²) in [4.78, 5) is 8.29. The maximum absolute atomic E-state index is 8.95. The molecule has 3 rings (SSSR count). The Bertz CT molecular complexity index is 818. The number of anilines is 2. The average Bonchev–Trinajstić information content (AvgIpc) is 2.47. The highest BCUT2D eigenvalue weighted by Gasteiger charge is 2.04. The predicted molar refractivity (Wildman–Crippen MR) is 79.0 cm³/mol. The summed E-state index contributed by atoms with van der Waals surface area (Å²) in [5.41, 5.74) is 1.33. The maximum Gasteiger partial charge on any atom is 0.133 e. The van der Waals surface area contributed by atoms with Crippen LogP contribution in [0.15, 0.2) is 48.8 Å². The minimum absolute atomic E-state index is 0.282. The fourth-order valence-electron chi connectivity index (χ4n) is 1.99. The van der Waals surface area contributed by atoms with Crippen LogP contribution < -0.4 is 5.32 Å². The highest BCUT2D eigenvalue weighted by Crippen LogP contribution is 2.25. The minimum atomic E-state index is 0.282. The molecule has 0 atom stereocenters. The largest absolute Gasteiger partial charge is 0.340 e. The zero-order valence-corrected chi connectivity index (χ0v) is 11.1. The van der Waals surface area contributed by atoms with Crippen LogP contribution in [0.3, 0.4) is 0 Å². The molecule has 4 nitrogen and oxygen atoms in total. The number of pyridine rings is 2. The van der Waals surface area contributed by atoms with E-state index >= 15 is 0 Å². The summed E-state index contributed by atoms with van der Waals surface area (Å²) in [6, 6.07) is 13.1. The van der Waals surface area contributed by atoms with Gasteiger partial charge in [0.15, 0.2) is 0 Å². The van der Waals surface area contributed by atoms with Gasteiger partial charge in [-0.3, -0.25) is 4.98 Å². The molecule has 3 aromatic rings. The number of aromatic nitrogens is 2. The van der Waals surface area contributed by atoms with Gasteiger partial charge in [-0.15, -0.1) is 0 Å². The van der Waals surface area contributed by atoms with E-state index < -0.39 is 0 Å². The third-order valence-corrected chi connectivity index (χ3v) is 3.06. The Morgan fingerprint density at radius 1 is 1.20 bits per heavy atom. The van der Waals surface area contributed by atoms with E-state index in [2.05, 4.69) is 21.4 Å². The molecule has 0 unspecified atom stereocenters. The molecular weight excluding hydrogens is 272 g/mol. The number of rotatable bonds is 2. The summed E-state index contributed by atoms with van der Waals surface area (Å²) >= 11 is 5.90. The van der Waals surface area contributed by atoms with Gasteiger partial charge in [-0.05, 0) is 29.7 Å². The molecule has 0 radical (unpaired) electrons. The van der Waals surface area contributed by atoms with Gasteiger partial charge in [0, 0.05) is 23.5 Å². The molecule has 0 aliphatic carbocycles. The van der Waals surface area contributed by atoms with Gasteiger partial charge < -0.3 is 5.32 Å². The van der Waals surface area contributed by atoms with Crippen LogP contribution in [0.5, 0.6) is 0 Å². The van der Waals surface area contributed by atoms with Crippen molar-refractivity contribution in [3.63, 3.8) is 0 Å². The molecule has 0 aliphatic heterocycles. The minimum Gasteiger partial charge on any atom is -0.340 e.